The molecule has 0 aliphatic carbocycles. The maximum absolute atomic E-state index is 12.8. The zero-order chi connectivity index (χ0) is 34.8. The number of para-hydroxylation sites is 2. The highest BCUT2D eigenvalue weighted by Crippen LogP contribution is 2.37. The Hall–Kier alpha value is -4.05. The van der Waals surface area contributed by atoms with E-state index in [1.54, 1.807) is 16.7 Å². The van der Waals surface area contributed by atoms with E-state index >= 15 is 0 Å². The highest BCUT2D eigenvalue weighted by molar-refractivity contribution is 7.99. The number of benzene rings is 2. The first-order valence-corrected chi connectivity index (χ1v) is 18.7. The SMILES string of the molecule is CCCCC(CC)COC(=O)CCSc1cnc(N[C@H]2CCCN(C(=O)OC(C)(C)C)C2)nc1-c1cn(-c2ccccc2)c2ccccc12. The molecule has 0 spiro atoms. The molecule has 1 N–H and O–H groups in total. The van der Waals surface area contributed by atoms with Crippen LogP contribution in [0.3, 0.4) is 0 Å². The van der Waals surface area contributed by atoms with Crippen LogP contribution in [-0.2, 0) is 14.3 Å². The summed E-state index contributed by atoms with van der Waals surface area (Å²) in [5, 5.41) is 4.59. The van der Waals surface area contributed by atoms with Gasteiger partial charge in [-0.2, -0.15) is 0 Å². The number of thioether (sulfide) groups is 1. The smallest absolute Gasteiger partial charge is 0.410 e. The van der Waals surface area contributed by atoms with Gasteiger partial charge in [0.1, 0.15) is 5.60 Å². The third-order valence-corrected chi connectivity index (χ3v) is 9.77. The molecule has 1 amide bonds. The van der Waals surface area contributed by atoms with E-state index in [-0.39, 0.29) is 18.1 Å². The molecule has 5 rings (SSSR count). The fourth-order valence-electron chi connectivity index (χ4n) is 6.10. The van der Waals surface area contributed by atoms with E-state index in [0.717, 1.165) is 71.3 Å². The van der Waals surface area contributed by atoms with Crippen LogP contribution in [0.4, 0.5) is 10.7 Å². The predicted octanol–water partition coefficient (Wildman–Crippen LogP) is 9.14. The molecule has 2 aromatic carbocycles. The van der Waals surface area contributed by atoms with Gasteiger partial charge in [-0.25, -0.2) is 14.8 Å². The van der Waals surface area contributed by atoms with Crippen LogP contribution in [0.2, 0.25) is 0 Å². The van der Waals surface area contributed by atoms with E-state index in [1.165, 1.54) is 0 Å². The molecule has 2 aromatic heterocycles. The first kappa shape index (κ1) is 36.2. The number of anilines is 1. The van der Waals surface area contributed by atoms with Crippen molar-refractivity contribution in [1.29, 1.82) is 0 Å². The number of nitrogens with one attached hydrogen (secondary N) is 1. The molecule has 262 valence electrons. The Morgan fingerprint density at radius 1 is 1.08 bits per heavy atom. The molecular formula is C39H51N5O4S. The molecular weight excluding hydrogens is 635 g/mol. The fraction of sp³-hybridized carbons (Fsp3) is 0.487. The second-order valence-corrected chi connectivity index (χ2v) is 14.9. The van der Waals surface area contributed by atoms with Gasteiger partial charge in [0.25, 0.3) is 0 Å². The topological polar surface area (TPSA) is 98.6 Å². The number of ether oxygens (including phenoxy) is 2. The molecule has 1 aliphatic heterocycles. The van der Waals surface area contributed by atoms with Crippen molar-refractivity contribution in [3.05, 3.63) is 67.0 Å². The standard InChI is InChI=1S/C39H51N5O4S/c1-6-8-15-28(7-2)27-47-35(45)21-23-49-34-24-40-37(41-29-16-14-22-43(25-29)38(46)48-39(3,4)5)42-36(34)32-26-44(30-17-10-9-11-18-30)33-20-13-12-19-31(32)33/h9-13,17-20,24,26,28-29H,6-8,14-16,21-23,25,27H2,1-5H3,(H,40,41,42)/t28?,29-/m0/s1. The molecule has 49 heavy (non-hydrogen) atoms. The first-order chi connectivity index (χ1) is 23.6. The number of fused-ring (bicyclic) bond motifs is 1. The highest BCUT2D eigenvalue weighted by Gasteiger charge is 2.28. The van der Waals surface area contributed by atoms with Crippen LogP contribution in [-0.4, -0.2) is 68.6 Å². The predicted molar refractivity (Wildman–Crippen MR) is 198 cm³/mol. The molecule has 4 aromatic rings. The maximum Gasteiger partial charge on any atom is 0.410 e. The Bertz CT molecular complexity index is 1690. The molecule has 1 aliphatic rings. The van der Waals surface area contributed by atoms with E-state index in [9.17, 15) is 9.59 Å². The number of piperidine rings is 1. The van der Waals surface area contributed by atoms with Crippen molar-refractivity contribution in [3.63, 3.8) is 0 Å². The summed E-state index contributed by atoms with van der Waals surface area (Å²) in [6.45, 7) is 11.6. The summed E-state index contributed by atoms with van der Waals surface area (Å²) < 4.78 is 13.5. The minimum atomic E-state index is -0.550. The van der Waals surface area contributed by atoms with Gasteiger partial charge in [0.2, 0.25) is 5.95 Å². The third-order valence-electron chi connectivity index (χ3n) is 8.75. The lowest BCUT2D eigenvalue weighted by atomic mass is 10.0. The second-order valence-electron chi connectivity index (χ2n) is 13.8. The maximum atomic E-state index is 12.8. The lowest BCUT2D eigenvalue weighted by Crippen LogP contribution is -2.47. The molecule has 2 atom stereocenters. The summed E-state index contributed by atoms with van der Waals surface area (Å²) in [6, 6.07) is 18.6. The van der Waals surface area contributed by atoms with Crippen LogP contribution in [0.5, 0.6) is 0 Å². The van der Waals surface area contributed by atoms with E-state index in [1.807, 2.05) is 57.3 Å². The van der Waals surface area contributed by atoms with E-state index in [2.05, 4.69) is 54.2 Å². The summed E-state index contributed by atoms with van der Waals surface area (Å²) in [5.41, 5.74) is 3.36. The van der Waals surface area contributed by atoms with Crippen molar-refractivity contribution < 1.29 is 19.1 Å². The van der Waals surface area contributed by atoms with Gasteiger partial charge in [-0.3, -0.25) is 4.79 Å². The number of rotatable bonds is 14. The van der Waals surface area contributed by atoms with Crippen LogP contribution in [0.1, 0.15) is 79.6 Å². The summed E-state index contributed by atoms with van der Waals surface area (Å²) in [6.07, 6.45) is 10.1. The molecule has 9 nitrogen and oxygen atoms in total. The van der Waals surface area contributed by atoms with Crippen molar-refractivity contribution >= 4 is 40.7 Å². The van der Waals surface area contributed by atoms with Crippen molar-refractivity contribution in [2.24, 2.45) is 5.92 Å². The van der Waals surface area contributed by atoms with E-state index < -0.39 is 5.60 Å². The molecule has 0 saturated carbocycles. The number of esters is 1. The van der Waals surface area contributed by atoms with Gasteiger partial charge in [0.05, 0.1) is 29.1 Å². The number of nitrogens with zero attached hydrogens (tertiary/aromatic N) is 4. The number of carbonyl (C=O) groups is 2. The van der Waals surface area contributed by atoms with Crippen molar-refractivity contribution in [2.75, 3.05) is 30.8 Å². The van der Waals surface area contributed by atoms with Gasteiger partial charge in [-0.15, -0.1) is 11.8 Å². The Kier molecular flexibility index (Phi) is 12.6. The lowest BCUT2D eigenvalue weighted by Gasteiger charge is -2.34. The fourth-order valence-corrected chi connectivity index (χ4v) is 7.01. The van der Waals surface area contributed by atoms with Crippen LogP contribution in [0.25, 0.3) is 27.8 Å². The Balaban J connectivity index is 1.38. The van der Waals surface area contributed by atoms with Gasteiger partial charge in [-0.1, -0.05) is 69.5 Å². The number of hydrogen-bond donors (Lipinski definition) is 1. The van der Waals surface area contributed by atoms with Gasteiger partial charge in [0.15, 0.2) is 0 Å². The molecule has 0 bridgehead atoms. The Morgan fingerprint density at radius 2 is 1.86 bits per heavy atom. The minimum absolute atomic E-state index is 0.0164. The van der Waals surface area contributed by atoms with Crippen molar-refractivity contribution in [2.45, 2.75) is 96.1 Å². The molecule has 3 heterocycles. The summed E-state index contributed by atoms with van der Waals surface area (Å²) in [5.74, 6) is 1.30. The quantitative estimate of drug-likeness (QED) is 0.104. The van der Waals surface area contributed by atoms with Gasteiger partial charge in [-0.05, 0) is 64.2 Å². The van der Waals surface area contributed by atoms with Gasteiger partial charge < -0.3 is 24.3 Å². The van der Waals surface area contributed by atoms with Crippen LogP contribution >= 0.6 is 11.8 Å². The lowest BCUT2D eigenvalue weighted by molar-refractivity contribution is -0.144. The molecule has 10 heteroatoms. The summed E-state index contributed by atoms with van der Waals surface area (Å²) in [4.78, 5) is 38.0. The van der Waals surface area contributed by atoms with Crippen molar-refractivity contribution in [1.82, 2.24) is 19.4 Å². The van der Waals surface area contributed by atoms with E-state index in [4.69, 9.17) is 19.4 Å². The van der Waals surface area contributed by atoms with E-state index in [0.29, 0.717) is 43.7 Å². The van der Waals surface area contributed by atoms with Crippen molar-refractivity contribution in [3.8, 4) is 16.9 Å². The zero-order valence-corrected chi connectivity index (χ0v) is 30.4. The average Bonchev–Trinajstić information content (AvgIpc) is 3.48. The Morgan fingerprint density at radius 3 is 2.61 bits per heavy atom. The van der Waals surface area contributed by atoms with Crippen LogP contribution in [0.15, 0.2) is 71.9 Å². The van der Waals surface area contributed by atoms with Gasteiger partial charge >= 0.3 is 12.1 Å². The second kappa shape index (κ2) is 17.1. The van der Waals surface area contributed by atoms with Crippen LogP contribution < -0.4 is 5.32 Å². The molecule has 1 saturated heterocycles. The highest BCUT2D eigenvalue weighted by atomic mass is 32.2. The molecule has 1 unspecified atom stereocenters. The number of likely N-dealkylation sites (tertiary alicyclic amines) is 1. The van der Waals surface area contributed by atoms with Gasteiger partial charge in [0, 0.05) is 53.9 Å². The number of amides is 1. The largest absolute Gasteiger partial charge is 0.465 e. The number of aromatic nitrogens is 3. The normalized spacial score (nSPS) is 15.6. The summed E-state index contributed by atoms with van der Waals surface area (Å²) >= 11 is 1.57. The monoisotopic (exact) mass is 685 g/mol. The minimum Gasteiger partial charge on any atom is -0.465 e. The number of unbranched alkanes of at least 4 members (excludes halogenated alkanes) is 1. The summed E-state index contributed by atoms with van der Waals surface area (Å²) in [7, 11) is 0. The average molecular weight is 686 g/mol. The zero-order valence-electron chi connectivity index (χ0n) is 29.6. The molecule has 1 fully saturated rings. The van der Waals surface area contributed by atoms with Crippen LogP contribution in [0, 0.1) is 5.92 Å². The molecule has 0 radical (unpaired) electrons. The number of hydrogen-bond acceptors (Lipinski definition) is 8. The third kappa shape index (κ3) is 10.00. The number of carbonyl (C=O) groups excluding carboxylic acids is 2. The Labute approximate surface area is 295 Å². The first-order valence-electron chi connectivity index (χ1n) is 17.7.